The van der Waals surface area contributed by atoms with E-state index in [9.17, 15) is 0 Å². The first kappa shape index (κ1) is 15.7. The van der Waals surface area contributed by atoms with E-state index >= 15 is 0 Å². The molecule has 0 atom stereocenters. The summed E-state index contributed by atoms with van der Waals surface area (Å²) < 4.78 is 0. The first-order valence-corrected chi connectivity index (χ1v) is 7.33. The van der Waals surface area contributed by atoms with Crippen molar-refractivity contribution in [3.8, 4) is 0 Å². The molecule has 0 bridgehead atoms. The second kappa shape index (κ2) is 8.70. The summed E-state index contributed by atoms with van der Waals surface area (Å²) in [6.45, 7) is 9.54. The van der Waals surface area contributed by atoms with Gasteiger partial charge in [-0.25, -0.2) is 0 Å². The fourth-order valence-electron chi connectivity index (χ4n) is 2.44. The third-order valence-corrected chi connectivity index (χ3v) is 4.18. The van der Waals surface area contributed by atoms with Crippen LogP contribution in [0.15, 0.2) is 30.2 Å². The van der Waals surface area contributed by atoms with Crippen LogP contribution in [0.4, 0.5) is 0 Å². The van der Waals surface area contributed by atoms with Crippen molar-refractivity contribution in [2.24, 2.45) is 5.92 Å². The van der Waals surface area contributed by atoms with Crippen LogP contribution in [0, 0.1) is 5.92 Å². The van der Waals surface area contributed by atoms with Crippen molar-refractivity contribution in [2.75, 3.05) is 26.2 Å². The minimum absolute atomic E-state index is 0. The topological polar surface area (TPSA) is 15.3 Å². The lowest BCUT2D eigenvalue weighted by Crippen LogP contribution is -2.35. The highest BCUT2D eigenvalue weighted by Gasteiger charge is 2.16. The average Bonchev–Trinajstić information content (AvgIpc) is 2.83. The lowest BCUT2D eigenvalue weighted by molar-refractivity contribution is 0.217. The van der Waals surface area contributed by atoms with Crippen molar-refractivity contribution >= 4 is 23.7 Å². The molecule has 2 nitrogen and oxygen atoms in total. The molecule has 0 radical (unpaired) electrons. The van der Waals surface area contributed by atoms with Crippen LogP contribution in [0.1, 0.15) is 17.7 Å². The molecule has 0 saturated carbocycles. The molecule has 1 aliphatic heterocycles. The van der Waals surface area contributed by atoms with Gasteiger partial charge in [0, 0.05) is 24.5 Å². The lowest BCUT2D eigenvalue weighted by atomic mass is 9.97. The standard InChI is InChI=1S/C14H22N2S.ClH/c1-2-9-16(12-14-4-3-10-17-14)11-13-5-7-15-8-6-13;/h2-4,10,13,15H,1,5-9,11-12H2;1H. The van der Waals surface area contributed by atoms with Gasteiger partial charge in [0.1, 0.15) is 0 Å². The molecule has 0 unspecified atom stereocenters. The van der Waals surface area contributed by atoms with E-state index < -0.39 is 0 Å². The molecule has 2 rings (SSSR count). The molecule has 1 aromatic heterocycles. The van der Waals surface area contributed by atoms with E-state index in [0.717, 1.165) is 19.0 Å². The fraction of sp³-hybridized carbons (Fsp3) is 0.571. The minimum Gasteiger partial charge on any atom is -0.317 e. The summed E-state index contributed by atoms with van der Waals surface area (Å²) in [6.07, 6.45) is 4.66. The van der Waals surface area contributed by atoms with Gasteiger partial charge < -0.3 is 5.32 Å². The molecule has 1 N–H and O–H groups in total. The predicted octanol–water partition coefficient (Wildman–Crippen LogP) is 3.16. The quantitative estimate of drug-likeness (QED) is 0.808. The van der Waals surface area contributed by atoms with Crippen molar-refractivity contribution in [1.29, 1.82) is 0 Å². The molecule has 1 aromatic rings. The van der Waals surface area contributed by atoms with Crippen LogP contribution in [0.5, 0.6) is 0 Å². The second-order valence-electron chi connectivity index (χ2n) is 4.76. The third kappa shape index (κ3) is 5.11. The van der Waals surface area contributed by atoms with Crippen molar-refractivity contribution in [3.05, 3.63) is 35.0 Å². The molecule has 18 heavy (non-hydrogen) atoms. The number of nitrogens with zero attached hydrogens (tertiary/aromatic N) is 1. The van der Waals surface area contributed by atoms with Gasteiger partial charge in [0.2, 0.25) is 0 Å². The van der Waals surface area contributed by atoms with Crippen LogP contribution >= 0.6 is 23.7 Å². The molecule has 0 aliphatic carbocycles. The Kier molecular flexibility index (Phi) is 7.59. The van der Waals surface area contributed by atoms with E-state index in [1.54, 1.807) is 0 Å². The van der Waals surface area contributed by atoms with Gasteiger partial charge in [-0.15, -0.1) is 30.3 Å². The number of rotatable bonds is 6. The third-order valence-electron chi connectivity index (χ3n) is 3.32. The van der Waals surface area contributed by atoms with Crippen LogP contribution in [0.2, 0.25) is 0 Å². The number of nitrogens with one attached hydrogen (secondary N) is 1. The normalized spacial score (nSPS) is 16.5. The van der Waals surface area contributed by atoms with Gasteiger partial charge in [0.25, 0.3) is 0 Å². The van der Waals surface area contributed by atoms with E-state index in [0.29, 0.717) is 0 Å². The summed E-state index contributed by atoms with van der Waals surface area (Å²) in [4.78, 5) is 3.98. The Morgan fingerprint density at radius 1 is 1.44 bits per heavy atom. The van der Waals surface area contributed by atoms with Crippen LogP contribution < -0.4 is 5.32 Å². The maximum Gasteiger partial charge on any atom is 0.0331 e. The van der Waals surface area contributed by atoms with E-state index in [-0.39, 0.29) is 12.4 Å². The summed E-state index contributed by atoms with van der Waals surface area (Å²) in [5.74, 6) is 0.858. The maximum atomic E-state index is 3.87. The summed E-state index contributed by atoms with van der Waals surface area (Å²) in [5.41, 5.74) is 0. The lowest BCUT2D eigenvalue weighted by Gasteiger charge is -2.29. The Hall–Kier alpha value is -0.350. The van der Waals surface area contributed by atoms with Crippen LogP contribution in [-0.4, -0.2) is 31.1 Å². The molecule has 4 heteroatoms. The van der Waals surface area contributed by atoms with Gasteiger partial charge in [-0.05, 0) is 43.3 Å². The monoisotopic (exact) mass is 286 g/mol. The summed E-state index contributed by atoms with van der Waals surface area (Å²) in [5, 5.41) is 5.59. The highest BCUT2D eigenvalue weighted by molar-refractivity contribution is 7.09. The Morgan fingerprint density at radius 3 is 2.83 bits per heavy atom. The molecule has 2 heterocycles. The number of piperidine rings is 1. The van der Waals surface area contributed by atoms with Crippen LogP contribution in [-0.2, 0) is 6.54 Å². The Balaban J connectivity index is 0.00000162. The first-order chi connectivity index (χ1) is 8.38. The second-order valence-corrected chi connectivity index (χ2v) is 5.79. The fourth-order valence-corrected chi connectivity index (χ4v) is 3.18. The van der Waals surface area contributed by atoms with Crippen molar-refractivity contribution in [1.82, 2.24) is 10.2 Å². The smallest absolute Gasteiger partial charge is 0.0331 e. The highest BCUT2D eigenvalue weighted by atomic mass is 35.5. The minimum atomic E-state index is 0. The van der Waals surface area contributed by atoms with E-state index in [2.05, 4.69) is 34.3 Å². The van der Waals surface area contributed by atoms with Gasteiger partial charge in [0.05, 0.1) is 0 Å². The van der Waals surface area contributed by atoms with Gasteiger partial charge >= 0.3 is 0 Å². The molecular formula is C14H23ClN2S. The molecule has 0 spiro atoms. The van der Waals surface area contributed by atoms with Crippen LogP contribution in [0.3, 0.4) is 0 Å². The van der Waals surface area contributed by atoms with Crippen molar-refractivity contribution in [3.63, 3.8) is 0 Å². The Labute approximate surface area is 120 Å². The van der Waals surface area contributed by atoms with E-state index in [1.807, 2.05) is 17.4 Å². The number of hydrogen-bond acceptors (Lipinski definition) is 3. The van der Waals surface area contributed by atoms with Gasteiger partial charge in [-0.1, -0.05) is 12.1 Å². The number of hydrogen-bond donors (Lipinski definition) is 1. The van der Waals surface area contributed by atoms with E-state index in [4.69, 9.17) is 0 Å². The zero-order chi connectivity index (χ0) is 11.9. The average molecular weight is 287 g/mol. The summed E-state index contributed by atoms with van der Waals surface area (Å²) in [7, 11) is 0. The molecule has 0 aromatic carbocycles. The molecule has 1 aliphatic rings. The molecule has 102 valence electrons. The Bertz CT molecular complexity index is 321. The molecule has 1 saturated heterocycles. The summed E-state index contributed by atoms with van der Waals surface area (Å²) >= 11 is 1.85. The number of halogens is 1. The molecule has 0 amide bonds. The molecular weight excluding hydrogens is 264 g/mol. The van der Waals surface area contributed by atoms with Crippen molar-refractivity contribution in [2.45, 2.75) is 19.4 Å². The van der Waals surface area contributed by atoms with Gasteiger partial charge in [0.15, 0.2) is 0 Å². The predicted molar refractivity (Wildman–Crippen MR) is 82.6 cm³/mol. The highest BCUT2D eigenvalue weighted by Crippen LogP contribution is 2.17. The first-order valence-electron chi connectivity index (χ1n) is 6.45. The largest absolute Gasteiger partial charge is 0.317 e. The zero-order valence-electron chi connectivity index (χ0n) is 10.8. The SMILES string of the molecule is C=CCN(Cc1cccs1)CC1CCNCC1.Cl. The zero-order valence-corrected chi connectivity index (χ0v) is 12.4. The van der Waals surface area contributed by atoms with Crippen LogP contribution in [0.25, 0.3) is 0 Å². The van der Waals surface area contributed by atoms with Gasteiger partial charge in [-0.3, -0.25) is 4.90 Å². The van der Waals surface area contributed by atoms with E-state index in [1.165, 1.54) is 37.4 Å². The Morgan fingerprint density at radius 2 is 2.22 bits per heavy atom. The molecule has 1 fully saturated rings. The number of thiophene rings is 1. The van der Waals surface area contributed by atoms with Gasteiger partial charge in [-0.2, -0.15) is 0 Å². The maximum absolute atomic E-state index is 3.87. The summed E-state index contributed by atoms with van der Waals surface area (Å²) in [6, 6.07) is 4.36. The van der Waals surface area contributed by atoms with Crippen molar-refractivity contribution < 1.29 is 0 Å².